The number of ether oxygens (including phenoxy) is 1. The van der Waals surface area contributed by atoms with Crippen molar-refractivity contribution in [3.8, 4) is 17.0 Å². The molecule has 0 saturated heterocycles. The van der Waals surface area contributed by atoms with Gasteiger partial charge in [0.05, 0.1) is 19.0 Å². The van der Waals surface area contributed by atoms with Crippen LogP contribution in [0.2, 0.25) is 0 Å². The number of rotatable bonds is 5. The predicted molar refractivity (Wildman–Crippen MR) is 113 cm³/mol. The number of hydrogen-bond donors (Lipinski definition) is 2. The molecule has 0 aliphatic heterocycles. The van der Waals surface area contributed by atoms with Crippen LogP contribution < -0.4 is 15.4 Å². The van der Waals surface area contributed by atoms with Gasteiger partial charge in [-0.3, -0.25) is 9.20 Å². The number of carbonyl (C=O) groups excluding carboxylic acids is 1. The van der Waals surface area contributed by atoms with E-state index in [1.165, 1.54) is 13.2 Å². The monoisotopic (exact) mass is 405 g/mol. The van der Waals surface area contributed by atoms with Gasteiger partial charge in [-0.25, -0.2) is 14.4 Å². The van der Waals surface area contributed by atoms with Crippen LogP contribution in [0.1, 0.15) is 15.9 Å². The Bertz CT molecular complexity index is 1250. The Labute approximate surface area is 172 Å². The Morgan fingerprint density at radius 1 is 1.17 bits per heavy atom. The molecular weight excluding hydrogens is 385 g/mol. The minimum absolute atomic E-state index is 0.135. The number of halogens is 1. The average Bonchev–Trinajstić information content (AvgIpc) is 3.18. The number of aryl methyl sites for hydroxylation is 1. The van der Waals surface area contributed by atoms with Gasteiger partial charge in [0.15, 0.2) is 23.0 Å². The van der Waals surface area contributed by atoms with Crippen LogP contribution in [-0.4, -0.2) is 34.4 Å². The molecule has 4 rings (SSSR count). The molecule has 30 heavy (non-hydrogen) atoms. The molecule has 8 heteroatoms. The summed E-state index contributed by atoms with van der Waals surface area (Å²) < 4.78 is 21.0. The SMILES string of the molecule is CNC(=O)c1ccc(Nc2nccn3c(-c4ccc(OC)c(F)c4)cnc23)cc1C. The lowest BCUT2D eigenvalue weighted by Gasteiger charge is -2.11. The van der Waals surface area contributed by atoms with E-state index in [4.69, 9.17) is 4.74 Å². The van der Waals surface area contributed by atoms with Gasteiger partial charge < -0.3 is 15.4 Å². The number of aromatic nitrogens is 3. The Balaban J connectivity index is 1.70. The van der Waals surface area contributed by atoms with E-state index in [-0.39, 0.29) is 11.7 Å². The topological polar surface area (TPSA) is 80.6 Å². The lowest BCUT2D eigenvalue weighted by Crippen LogP contribution is -2.18. The van der Waals surface area contributed by atoms with Gasteiger partial charge in [-0.05, 0) is 48.9 Å². The summed E-state index contributed by atoms with van der Waals surface area (Å²) in [6.45, 7) is 1.87. The molecule has 2 N–H and O–H groups in total. The predicted octanol–water partition coefficient (Wildman–Crippen LogP) is 3.96. The van der Waals surface area contributed by atoms with Gasteiger partial charge >= 0.3 is 0 Å². The fraction of sp³-hybridized carbons (Fsp3) is 0.136. The van der Waals surface area contributed by atoms with Crippen LogP contribution in [-0.2, 0) is 0 Å². The maximum atomic E-state index is 14.2. The van der Waals surface area contributed by atoms with Gasteiger partial charge in [-0.1, -0.05) is 0 Å². The number of benzene rings is 2. The number of nitrogens with zero attached hydrogens (tertiary/aromatic N) is 3. The van der Waals surface area contributed by atoms with Crippen molar-refractivity contribution < 1.29 is 13.9 Å². The minimum atomic E-state index is -0.441. The summed E-state index contributed by atoms with van der Waals surface area (Å²) in [4.78, 5) is 20.7. The lowest BCUT2D eigenvalue weighted by molar-refractivity contribution is 0.0962. The molecule has 0 fully saturated rings. The Hall–Kier alpha value is -3.94. The number of fused-ring (bicyclic) bond motifs is 1. The number of imidazole rings is 1. The van der Waals surface area contributed by atoms with Gasteiger partial charge in [-0.2, -0.15) is 0 Å². The fourth-order valence-corrected chi connectivity index (χ4v) is 3.31. The van der Waals surface area contributed by atoms with Crippen LogP contribution in [0.25, 0.3) is 16.9 Å². The van der Waals surface area contributed by atoms with Gasteiger partial charge in [0, 0.05) is 36.3 Å². The molecule has 0 atom stereocenters. The van der Waals surface area contributed by atoms with Crippen molar-refractivity contribution in [1.29, 1.82) is 0 Å². The molecular formula is C22H20FN5O2. The second-order valence-corrected chi connectivity index (χ2v) is 6.70. The first-order valence-corrected chi connectivity index (χ1v) is 9.27. The summed E-state index contributed by atoms with van der Waals surface area (Å²) in [7, 11) is 3.03. The quantitative estimate of drug-likeness (QED) is 0.525. The average molecular weight is 405 g/mol. The van der Waals surface area contributed by atoms with E-state index in [2.05, 4.69) is 20.6 Å². The van der Waals surface area contributed by atoms with Crippen molar-refractivity contribution in [3.63, 3.8) is 0 Å². The van der Waals surface area contributed by atoms with E-state index in [1.54, 1.807) is 43.8 Å². The zero-order valence-corrected chi connectivity index (χ0v) is 16.7. The fourth-order valence-electron chi connectivity index (χ4n) is 3.31. The van der Waals surface area contributed by atoms with Gasteiger partial charge in [0.1, 0.15) is 0 Å². The van der Waals surface area contributed by atoms with E-state index >= 15 is 0 Å². The molecule has 152 valence electrons. The Morgan fingerprint density at radius 2 is 2.00 bits per heavy atom. The first-order valence-electron chi connectivity index (χ1n) is 9.27. The third-order valence-corrected chi connectivity index (χ3v) is 4.84. The molecule has 0 aliphatic rings. The number of amides is 1. The van der Waals surface area contributed by atoms with E-state index in [0.717, 1.165) is 16.9 Å². The van der Waals surface area contributed by atoms with Crippen molar-refractivity contribution in [2.45, 2.75) is 6.92 Å². The standard InChI is InChI=1S/C22H20FN5O2/c1-13-10-15(5-6-16(13)22(29)24-2)27-20-21-26-12-18(28(21)9-8-25-20)14-4-7-19(30-3)17(23)11-14/h4-12H,1-3H3,(H,24,29)(H,25,27). The molecule has 1 amide bonds. The second-order valence-electron chi connectivity index (χ2n) is 6.70. The van der Waals surface area contributed by atoms with E-state index in [0.29, 0.717) is 22.6 Å². The Kier molecular flexibility index (Phi) is 5.05. The first-order chi connectivity index (χ1) is 14.5. The zero-order chi connectivity index (χ0) is 21.3. The largest absolute Gasteiger partial charge is 0.494 e. The van der Waals surface area contributed by atoms with Crippen LogP contribution >= 0.6 is 0 Å². The third-order valence-electron chi connectivity index (χ3n) is 4.84. The van der Waals surface area contributed by atoms with Gasteiger partial charge in [0.2, 0.25) is 0 Å². The van der Waals surface area contributed by atoms with E-state index in [9.17, 15) is 9.18 Å². The molecule has 0 radical (unpaired) electrons. The van der Waals surface area contributed by atoms with Crippen molar-refractivity contribution in [3.05, 3.63) is 71.9 Å². The highest BCUT2D eigenvalue weighted by Gasteiger charge is 2.13. The second kappa shape index (κ2) is 7.82. The van der Waals surface area contributed by atoms with Crippen LogP contribution in [0.5, 0.6) is 5.75 Å². The third kappa shape index (κ3) is 3.43. The summed E-state index contributed by atoms with van der Waals surface area (Å²) in [6, 6.07) is 10.2. The molecule has 7 nitrogen and oxygen atoms in total. The molecule has 2 heterocycles. The normalized spacial score (nSPS) is 10.8. The number of nitrogens with one attached hydrogen (secondary N) is 2. The summed E-state index contributed by atoms with van der Waals surface area (Å²) in [5, 5.41) is 5.87. The highest BCUT2D eigenvalue weighted by atomic mass is 19.1. The van der Waals surface area contributed by atoms with Crippen LogP contribution in [0.4, 0.5) is 15.9 Å². The van der Waals surface area contributed by atoms with Crippen molar-refractivity contribution >= 4 is 23.1 Å². The molecule has 0 saturated carbocycles. The van der Waals surface area contributed by atoms with Crippen molar-refractivity contribution in [2.75, 3.05) is 19.5 Å². The molecule has 4 aromatic rings. The number of anilines is 2. The smallest absolute Gasteiger partial charge is 0.251 e. The zero-order valence-electron chi connectivity index (χ0n) is 16.7. The summed E-state index contributed by atoms with van der Waals surface area (Å²) in [5.74, 6) is 0.157. The highest BCUT2D eigenvalue weighted by molar-refractivity contribution is 5.96. The summed E-state index contributed by atoms with van der Waals surface area (Å²) in [6.07, 6.45) is 5.08. The summed E-state index contributed by atoms with van der Waals surface area (Å²) >= 11 is 0. The van der Waals surface area contributed by atoms with Crippen LogP contribution in [0.3, 0.4) is 0 Å². The Morgan fingerprint density at radius 3 is 2.70 bits per heavy atom. The van der Waals surface area contributed by atoms with E-state index < -0.39 is 5.82 Å². The molecule has 2 aromatic heterocycles. The lowest BCUT2D eigenvalue weighted by atomic mass is 10.1. The first kappa shape index (κ1) is 19.4. The van der Waals surface area contributed by atoms with Crippen molar-refractivity contribution in [1.82, 2.24) is 19.7 Å². The number of hydrogen-bond acceptors (Lipinski definition) is 5. The van der Waals surface area contributed by atoms with Crippen LogP contribution in [0, 0.1) is 12.7 Å². The van der Waals surface area contributed by atoms with Gasteiger partial charge in [-0.15, -0.1) is 0 Å². The molecule has 0 unspecified atom stereocenters. The summed E-state index contributed by atoms with van der Waals surface area (Å²) in [5.41, 5.74) is 4.22. The molecule has 0 spiro atoms. The highest BCUT2D eigenvalue weighted by Crippen LogP contribution is 2.28. The minimum Gasteiger partial charge on any atom is -0.494 e. The molecule has 0 aliphatic carbocycles. The number of methoxy groups -OCH3 is 1. The molecule has 0 bridgehead atoms. The van der Waals surface area contributed by atoms with Gasteiger partial charge in [0.25, 0.3) is 5.91 Å². The van der Waals surface area contributed by atoms with Crippen molar-refractivity contribution in [2.24, 2.45) is 0 Å². The number of carbonyl (C=O) groups is 1. The van der Waals surface area contributed by atoms with E-state index in [1.807, 2.05) is 23.5 Å². The van der Waals surface area contributed by atoms with Crippen LogP contribution in [0.15, 0.2) is 55.0 Å². The maximum Gasteiger partial charge on any atom is 0.251 e. The maximum absolute atomic E-state index is 14.2. The molecule has 2 aromatic carbocycles.